The molecule has 0 spiro atoms. The van der Waals surface area contributed by atoms with Gasteiger partial charge in [-0.25, -0.2) is 18.0 Å². The number of rotatable bonds is 6. The predicted octanol–water partition coefficient (Wildman–Crippen LogP) is 2.36. The van der Waals surface area contributed by atoms with E-state index in [0.29, 0.717) is 10.0 Å². The summed E-state index contributed by atoms with van der Waals surface area (Å²) in [7, 11) is 0. The molecule has 0 aromatic heterocycles. The van der Waals surface area contributed by atoms with E-state index < -0.39 is 36.6 Å². The molecule has 0 aliphatic rings. The van der Waals surface area contributed by atoms with Crippen LogP contribution in [-0.2, 0) is 16.0 Å². The maximum atomic E-state index is 13.0. The summed E-state index contributed by atoms with van der Waals surface area (Å²) < 4.78 is 37.8. The maximum absolute atomic E-state index is 13.0. The van der Waals surface area contributed by atoms with Crippen molar-refractivity contribution in [3.05, 3.63) is 34.1 Å². The molecule has 0 radical (unpaired) electrons. The van der Waals surface area contributed by atoms with Crippen molar-refractivity contribution in [1.29, 1.82) is 0 Å². The van der Waals surface area contributed by atoms with E-state index in [2.05, 4.69) is 15.9 Å². The lowest BCUT2D eigenvalue weighted by Gasteiger charge is -2.14. The molecule has 0 saturated heterocycles. The van der Waals surface area contributed by atoms with Gasteiger partial charge in [-0.2, -0.15) is 0 Å². The van der Waals surface area contributed by atoms with Crippen LogP contribution < -0.4 is 5.32 Å². The van der Waals surface area contributed by atoms with E-state index in [1.807, 2.05) is 5.32 Å². The second kappa shape index (κ2) is 7.28. The van der Waals surface area contributed by atoms with Gasteiger partial charge in [-0.3, -0.25) is 4.79 Å². The van der Waals surface area contributed by atoms with Gasteiger partial charge in [-0.15, -0.1) is 0 Å². The molecule has 1 rings (SSSR count). The molecule has 8 heteroatoms. The molecule has 1 amide bonds. The predicted molar refractivity (Wildman–Crippen MR) is 68.0 cm³/mol. The summed E-state index contributed by atoms with van der Waals surface area (Å²) in [6.07, 6.45) is -4.14. The molecule has 0 heterocycles. The number of aliphatic carboxylic acids is 1. The number of benzene rings is 1. The molecule has 110 valence electrons. The Labute approximate surface area is 121 Å². The summed E-state index contributed by atoms with van der Waals surface area (Å²) in [5, 5.41) is 10.7. The number of carboxylic acid groups (broad SMARTS) is 1. The molecule has 1 aromatic carbocycles. The minimum Gasteiger partial charge on any atom is -0.480 e. The lowest BCUT2D eigenvalue weighted by molar-refractivity contribution is -0.142. The Morgan fingerprint density at radius 2 is 2.00 bits per heavy atom. The van der Waals surface area contributed by atoms with Gasteiger partial charge in [0.1, 0.15) is 11.9 Å². The third-order valence-electron chi connectivity index (χ3n) is 2.41. The van der Waals surface area contributed by atoms with Crippen molar-refractivity contribution < 1.29 is 27.9 Å². The standard InChI is InChI=1S/C12H11BrF3NO3/c13-8-2-1-7(14)3-6(8)4-11(18)17-9(12(19)20)5-10(15)16/h1-3,9-10H,4-5H2,(H,17,18)(H,19,20). The Kier molecular flexibility index (Phi) is 6.00. The summed E-state index contributed by atoms with van der Waals surface area (Å²) in [4.78, 5) is 22.3. The third-order valence-corrected chi connectivity index (χ3v) is 3.18. The van der Waals surface area contributed by atoms with Crippen LogP contribution in [0.2, 0.25) is 0 Å². The van der Waals surface area contributed by atoms with E-state index in [4.69, 9.17) is 5.11 Å². The topological polar surface area (TPSA) is 66.4 Å². The fraction of sp³-hybridized carbons (Fsp3) is 0.333. The highest BCUT2D eigenvalue weighted by molar-refractivity contribution is 9.10. The van der Waals surface area contributed by atoms with Gasteiger partial charge in [0.2, 0.25) is 12.3 Å². The average molecular weight is 354 g/mol. The SMILES string of the molecule is O=C(Cc1cc(F)ccc1Br)NC(CC(F)F)C(=O)O. The number of carbonyl (C=O) groups excluding carboxylic acids is 1. The zero-order valence-electron chi connectivity index (χ0n) is 10.1. The van der Waals surface area contributed by atoms with Gasteiger partial charge < -0.3 is 10.4 Å². The first kappa shape index (κ1) is 16.5. The maximum Gasteiger partial charge on any atom is 0.326 e. The van der Waals surface area contributed by atoms with Crippen LogP contribution in [0, 0.1) is 5.82 Å². The van der Waals surface area contributed by atoms with Crippen LogP contribution in [0.4, 0.5) is 13.2 Å². The van der Waals surface area contributed by atoms with Gasteiger partial charge in [0.05, 0.1) is 6.42 Å². The molecule has 4 nitrogen and oxygen atoms in total. The number of carboxylic acids is 1. The normalized spacial score (nSPS) is 12.2. The molecule has 20 heavy (non-hydrogen) atoms. The Morgan fingerprint density at radius 1 is 1.35 bits per heavy atom. The van der Waals surface area contributed by atoms with Crippen LogP contribution in [0.3, 0.4) is 0 Å². The lowest BCUT2D eigenvalue weighted by atomic mass is 10.1. The molecule has 0 saturated carbocycles. The summed E-state index contributed by atoms with van der Waals surface area (Å²) in [5.41, 5.74) is 0.295. The molecule has 1 unspecified atom stereocenters. The van der Waals surface area contributed by atoms with E-state index in [1.54, 1.807) is 0 Å². The molecule has 0 fully saturated rings. The first-order chi connectivity index (χ1) is 9.29. The fourth-order valence-electron chi connectivity index (χ4n) is 1.50. The smallest absolute Gasteiger partial charge is 0.326 e. The molecular formula is C12H11BrF3NO3. The van der Waals surface area contributed by atoms with Gasteiger partial charge in [0.25, 0.3) is 0 Å². The van der Waals surface area contributed by atoms with Gasteiger partial charge >= 0.3 is 5.97 Å². The second-order valence-corrected chi connectivity index (χ2v) is 4.85. The molecule has 0 aliphatic carbocycles. The van der Waals surface area contributed by atoms with Crippen LogP contribution in [0.25, 0.3) is 0 Å². The highest BCUT2D eigenvalue weighted by atomic mass is 79.9. The molecule has 2 N–H and O–H groups in total. The number of hydrogen-bond donors (Lipinski definition) is 2. The number of carbonyl (C=O) groups is 2. The van der Waals surface area contributed by atoms with E-state index in [-0.39, 0.29) is 6.42 Å². The monoisotopic (exact) mass is 353 g/mol. The Hall–Kier alpha value is -1.57. The average Bonchev–Trinajstić information content (AvgIpc) is 2.32. The second-order valence-electron chi connectivity index (χ2n) is 4.00. The molecule has 0 aliphatic heterocycles. The van der Waals surface area contributed by atoms with Gasteiger partial charge in [0, 0.05) is 10.9 Å². The first-order valence-corrected chi connectivity index (χ1v) is 6.33. The van der Waals surface area contributed by atoms with Gasteiger partial charge in [0.15, 0.2) is 0 Å². The molecule has 0 bridgehead atoms. The number of amides is 1. The Balaban J connectivity index is 2.70. The van der Waals surface area contributed by atoms with Crippen molar-refractivity contribution >= 4 is 27.8 Å². The highest BCUT2D eigenvalue weighted by Gasteiger charge is 2.24. The summed E-state index contributed by atoms with van der Waals surface area (Å²) >= 11 is 3.11. The zero-order chi connectivity index (χ0) is 15.3. The van der Waals surface area contributed by atoms with E-state index in [0.717, 1.165) is 6.07 Å². The largest absolute Gasteiger partial charge is 0.480 e. The number of alkyl halides is 2. The van der Waals surface area contributed by atoms with Crippen LogP contribution in [0.5, 0.6) is 0 Å². The van der Waals surface area contributed by atoms with Gasteiger partial charge in [-0.05, 0) is 23.8 Å². The third kappa shape index (κ3) is 5.20. The minimum atomic E-state index is -2.85. The van der Waals surface area contributed by atoms with E-state index in [1.165, 1.54) is 12.1 Å². The van der Waals surface area contributed by atoms with Crippen molar-refractivity contribution in [2.45, 2.75) is 25.3 Å². The number of halogens is 4. The molecule has 1 aromatic rings. The van der Waals surface area contributed by atoms with Gasteiger partial charge in [-0.1, -0.05) is 15.9 Å². The van der Waals surface area contributed by atoms with E-state index in [9.17, 15) is 22.8 Å². The lowest BCUT2D eigenvalue weighted by Crippen LogP contribution is -2.42. The summed E-state index contributed by atoms with van der Waals surface area (Å²) in [5.74, 6) is -2.88. The fourth-order valence-corrected chi connectivity index (χ4v) is 1.88. The minimum absolute atomic E-state index is 0.295. The summed E-state index contributed by atoms with van der Waals surface area (Å²) in [6.45, 7) is 0. The van der Waals surface area contributed by atoms with Crippen LogP contribution in [-0.4, -0.2) is 29.5 Å². The Bertz CT molecular complexity index is 511. The van der Waals surface area contributed by atoms with Crippen molar-refractivity contribution in [2.75, 3.05) is 0 Å². The summed E-state index contributed by atoms with van der Waals surface area (Å²) in [6, 6.07) is 2.01. The number of hydrogen-bond acceptors (Lipinski definition) is 2. The van der Waals surface area contributed by atoms with Crippen molar-refractivity contribution in [3.8, 4) is 0 Å². The van der Waals surface area contributed by atoms with E-state index >= 15 is 0 Å². The quantitative estimate of drug-likeness (QED) is 0.824. The molecule has 1 atom stereocenters. The highest BCUT2D eigenvalue weighted by Crippen LogP contribution is 2.18. The van der Waals surface area contributed by atoms with Crippen molar-refractivity contribution in [3.63, 3.8) is 0 Å². The van der Waals surface area contributed by atoms with Crippen molar-refractivity contribution in [2.24, 2.45) is 0 Å². The zero-order valence-corrected chi connectivity index (χ0v) is 11.7. The molecular weight excluding hydrogens is 343 g/mol. The van der Waals surface area contributed by atoms with Crippen LogP contribution >= 0.6 is 15.9 Å². The first-order valence-electron chi connectivity index (χ1n) is 5.54. The van der Waals surface area contributed by atoms with Crippen LogP contribution in [0.15, 0.2) is 22.7 Å². The van der Waals surface area contributed by atoms with Crippen molar-refractivity contribution in [1.82, 2.24) is 5.32 Å². The Morgan fingerprint density at radius 3 is 2.55 bits per heavy atom. The van der Waals surface area contributed by atoms with Crippen LogP contribution in [0.1, 0.15) is 12.0 Å². The number of nitrogens with one attached hydrogen (secondary N) is 1.